The lowest BCUT2D eigenvalue weighted by Gasteiger charge is -2.46. The number of aliphatic hydroxyl groups excluding tert-OH is 9. The fourth-order valence-electron chi connectivity index (χ4n) is 4.13. The molecule has 0 saturated carbocycles. The van der Waals surface area contributed by atoms with Crippen LogP contribution in [0.25, 0.3) is 0 Å². The lowest BCUT2D eigenvalue weighted by Crippen LogP contribution is -2.65. The highest BCUT2D eigenvalue weighted by Crippen LogP contribution is 2.35. The highest BCUT2D eigenvalue weighted by Gasteiger charge is 2.54. The molecule has 0 aliphatic carbocycles. The lowest BCUT2D eigenvalue weighted by molar-refractivity contribution is -0.364. The average molecular weight is 740 g/mol. The van der Waals surface area contributed by atoms with Crippen LogP contribution < -0.4 is 0 Å². The molecule has 3 heterocycles. The Morgan fingerprint density at radius 2 is 1.17 bits per heavy atom. The standard InChI is InChI=1S/C18H30I2O15/c19-16-9(27)15(12(32-16)4(24)1-21)34-17-10(28)13(7(25)5(2-22)30-17)33-18-11(29)14(35-20)8(26)6(3-23)31-18/h4-18,21-29H,1-3H2/t4-,5?,6?,7+,8+,9?,10?,11?,12+,13?,14+,15?,16-,17-,18+/m1/s1. The van der Waals surface area contributed by atoms with Crippen molar-refractivity contribution in [3.8, 4) is 0 Å². The maximum atomic E-state index is 10.9. The van der Waals surface area contributed by atoms with E-state index in [9.17, 15) is 46.0 Å². The summed E-state index contributed by atoms with van der Waals surface area (Å²) in [6, 6.07) is 0. The quantitative estimate of drug-likeness (QED) is 0.0798. The van der Waals surface area contributed by atoms with E-state index in [2.05, 4.69) is 0 Å². The molecule has 3 fully saturated rings. The summed E-state index contributed by atoms with van der Waals surface area (Å²) in [6.07, 6.45) is -20.3. The van der Waals surface area contributed by atoms with Crippen LogP contribution >= 0.6 is 45.6 Å². The molecule has 3 aliphatic rings. The molecule has 0 radical (unpaired) electrons. The van der Waals surface area contributed by atoms with Crippen molar-refractivity contribution in [3.05, 3.63) is 0 Å². The summed E-state index contributed by atoms with van der Waals surface area (Å²) >= 11 is 3.20. The molecule has 9 N–H and O–H groups in total. The van der Waals surface area contributed by atoms with Crippen molar-refractivity contribution in [2.45, 2.75) is 89.9 Å². The number of ether oxygens (including phenoxy) is 5. The van der Waals surface area contributed by atoms with Crippen molar-refractivity contribution in [1.29, 1.82) is 0 Å². The van der Waals surface area contributed by atoms with E-state index in [-0.39, 0.29) is 0 Å². The van der Waals surface area contributed by atoms with Crippen LogP contribution in [0.3, 0.4) is 0 Å². The average Bonchev–Trinajstić information content (AvgIpc) is 3.12. The van der Waals surface area contributed by atoms with Crippen LogP contribution in [0.15, 0.2) is 0 Å². The Hall–Kier alpha value is 0.860. The minimum Gasteiger partial charge on any atom is -0.394 e. The largest absolute Gasteiger partial charge is 0.394 e. The Morgan fingerprint density at radius 3 is 1.66 bits per heavy atom. The van der Waals surface area contributed by atoms with Gasteiger partial charge in [-0.15, -0.1) is 0 Å². The SMILES string of the molecule is OCC1O[C@H](OC2C(O)[C@H](I)O[C@H]2[C@H](O)CO)C(O)C(O[C@@H]2OC(CO)[C@H](O)[C@H](OI)C2O)[C@H]1O. The van der Waals surface area contributed by atoms with Gasteiger partial charge in [-0.05, 0) is 22.6 Å². The number of alkyl halides is 1. The summed E-state index contributed by atoms with van der Waals surface area (Å²) in [7, 11) is 0. The van der Waals surface area contributed by atoms with Crippen molar-refractivity contribution in [3.63, 3.8) is 0 Å². The smallest absolute Gasteiger partial charge is 0.187 e. The zero-order chi connectivity index (χ0) is 26.0. The van der Waals surface area contributed by atoms with Gasteiger partial charge in [-0.2, -0.15) is 0 Å². The maximum Gasteiger partial charge on any atom is 0.187 e. The normalized spacial score (nSPS) is 49.8. The van der Waals surface area contributed by atoms with Crippen molar-refractivity contribution in [1.82, 2.24) is 0 Å². The molecular weight excluding hydrogens is 710 g/mol. The molecule has 0 amide bonds. The van der Waals surface area contributed by atoms with Crippen molar-refractivity contribution < 1.29 is 72.7 Å². The molecule has 0 aromatic rings. The molecular formula is C18H30I2O15. The molecule has 7 unspecified atom stereocenters. The van der Waals surface area contributed by atoms with E-state index in [1.807, 2.05) is 0 Å². The monoisotopic (exact) mass is 740 g/mol. The summed E-state index contributed by atoms with van der Waals surface area (Å²) in [4.78, 5) is 0. The molecule has 3 saturated heterocycles. The first-order valence-corrected chi connectivity index (χ1v) is 12.8. The molecule has 15 atom stereocenters. The van der Waals surface area contributed by atoms with Crippen LogP contribution in [-0.4, -0.2) is 156 Å². The number of hydrogen-bond acceptors (Lipinski definition) is 15. The van der Waals surface area contributed by atoms with Crippen LogP contribution in [0.4, 0.5) is 0 Å². The first-order chi connectivity index (χ1) is 16.6. The minimum atomic E-state index is -1.78. The summed E-state index contributed by atoms with van der Waals surface area (Å²) in [6.45, 7) is -2.09. The Kier molecular flexibility index (Phi) is 11.5. The third-order valence-electron chi connectivity index (χ3n) is 6.11. The van der Waals surface area contributed by atoms with Crippen LogP contribution in [0, 0.1) is 0 Å². The highest BCUT2D eigenvalue weighted by molar-refractivity contribution is 14.1. The predicted octanol–water partition coefficient (Wildman–Crippen LogP) is -4.76. The van der Waals surface area contributed by atoms with Gasteiger partial charge in [0.15, 0.2) is 12.6 Å². The van der Waals surface area contributed by atoms with E-state index in [1.54, 1.807) is 22.6 Å². The predicted molar refractivity (Wildman–Crippen MR) is 126 cm³/mol. The summed E-state index contributed by atoms with van der Waals surface area (Å²) in [5.74, 6) is 0. The molecule has 3 rings (SSSR count). The van der Waals surface area contributed by atoms with Gasteiger partial charge in [-0.3, -0.25) is 0 Å². The van der Waals surface area contributed by atoms with Gasteiger partial charge in [-0.25, -0.2) is 0 Å². The molecule has 206 valence electrons. The van der Waals surface area contributed by atoms with E-state index in [0.717, 1.165) is 0 Å². The van der Waals surface area contributed by atoms with Crippen LogP contribution in [0.1, 0.15) is 0 Å². The molecule has 15 nitrogen and oxygen atoms in total. The van der Waals surface area contributed by atoms with Crippen LogP contribution in [0.2, 0.25) is 0 Å². The van der Waals surface area contributed by atoms with Gasteiger partial charge >= 0.3 is 0 Å². The lowest BCUT2D eigenvalue weighted by atomic mass is 9.96. The fraction of sp³-hybridized carbons (Fsp3) is 1.00. The molecule has 17 heteroatoms. The van der Waals surface area contributed by atoms with Gasteiger partial charge in [0.05, 0.1) is 19.8 Å². The second kappa shape index (κ2) is 13.3. The Labute approximate surface area is 227 Å². The third-order valence-corrected chi connectivity index (χ3v) is 7.73. The second-order valence-electron chi connectivity index (χ2n) is 8.36. The highest BCUT2D eigenvalue weighted by atomic mass is 127. The van der Waals surface area contributed by atoms with Crippen molar-refractivity contribution in [2.75, 3.05) is 19.8 Å². The van der Waals surface area contributed by atoms with Crippen LogP contribution in [0.5, 0.6) is 0 Å². The molecule has 0 aromatic carbocycles. The van der Waals surface area contributed by atoms with Gasteiger partial charge in [0, 0.05) is 0 Å². The van der Waals surface area contributed by atoms with E-state index in [4.69, 9.17) is 26.8 Å². The Morgan fingerprint density at radius 1 is 0.686 bits per heavy atom. The van der Waals surface area contributed by atoms with Gasteiger partial charge < -0.3 is 72.7 Å². The third kappa shape index (κ3) is 6.37. The molecule has 35 heavy (non-hydrogen) atoms. The fourth-order valence-corrected chi connectivity index (χ4v) is 5.48. The molecule has 0 bridgehead atoms. The van der Waals surface area contributed by atoms with Crippen LogP contribution in [-0.2, 0) is 26.8 Å². The first-order valence-electron chi connectivity index (χ1n) is 10.7. The zero-order valence-electron chi connectivity index (χ0n) is 18.0. The van der Waals surface area contributed by atoms with Crippen molar-refractivity contribution >= 4 is 45.6 Å². The number of halogens is 2. The first kappa shape index (κ1) is 30.4. The molecule has 0 aromatic heterocycles. The Bertz CT molecular complexity index is 665. The summed E-state index contributed by atoms with van der Waals surface area (Å²) in [5.41, 5.74) is 0. The topological polar surface area (TPSA) is 237 Å². The molecule has 0 spiro atoms. The van der Waals surface area contributed by atoms with Crippen molar-refractivity contribution in [2.24, 2.45) is 0 Å². The number of hydrogen-bond donors (Lipinski definition) is 9. The minimum absolute atomic E-state index is 0.653. The number of aliphatic hydroxyl groups is 9. The maximum absolute atomic E-state index is 10.9. The Balaban J connectivity index is 1.79. The van der Waals surface area contributed by atoms with Gasteiger partial charge in [0.1, 0.15) is 100 Å². The summed E-state index contributed by atoms with van der Waals surface area (Å²) in [5, 5.41) is 91.1. The molecule has 3 aliphatic heterocycles. The van der Waals surface area contributed by atoms with Gasteiger partial charge in [0.2, 0.25) is 0 Å². The van der Waals surface area contributed by atoms with Gasteiger partial charge in [-0.1, -0.05) is 0 Å². The van der Waals surface area contributed by atoms with E-state index < -0.39 is 110 Å². The number of rotatable bonds is 9. The summed E-state index contributed by atoms with van der Waals surface area (Å²) < 4.78 is 31.8. The second-order valence-corrected chi connectivity index (χ2v) is 10.1. The van der Waals surface area contributed by atoms with E-state index >= 15 is 0 Å². The van der Waals surface area contributed by atoms with E-state index in [1.165, 1.54) is 23.0 Å². The zero-order valence-corrected chi connectivity index (χ0v) is 22.3. The van der Waals surface area contributed by atoms with E-state index in [0.29, 0.717) is 0 Å². The van der Waals surface area contributed by atoms with Gasteiger partial charge in [0.25, 0.3) is 0 Å².